The zero-order valence-corrected chi connectivity index (χ0v) is 15.1. The van der Waals surface area contributed by atoms with E-state index >= 15 is 0 Å². The number of likely N-dealkylation sites (tertiary alicyclic amines) is 1. The topological polar surface area (TPSA) is 70.8 Å². The van der Waals surface area contributed by atoms with Crippen molar-refractivity contribution in [2.45, 2.75) is 51.5 Å². The number of carboxylic acid groups (broad SMARTS) is 1. The van der Waals surface area contributed by atoms with Crippen LogP contribution in [0.5, 0.6) is 0 Å². The Hall–Kier alpha value is -2.56. The highest BCUT2D eigenvalue weighted by Crippen LogP contribution is 2.32. The molecule has 0 saturated carbocycles. The van der Waals surface area contributed by atoms with Crippen molar-refractivity contribution in [2.24, 2.45) is 0 Å². The zero-order chi connectivity index (χ0) is 18.5. The van der Waals surface area contributed by atoms with Crippen LogP contribution in [0.4, 0.5) is 0 Å². The quantitative estimate of drug-likeness (QED) is 0.842. The molecule has 0 radical (unpaired) electrons. The van der Waals surface area contributed by atoms with Crippen LogP contribution in [0.25, 0.3) is 0 Å². The summed E-state index contributed by atoms with van der Waals surface area (Å²) in [4.78, 5) is 26.1. The predicted octanol–water partition coefficient (Wildman–Crippen LogP) is 4.23. The van der Waals surface area contributed by atoms with Crippen LogP contribution in [0.1, 0.15) is 66.1 Å². The van der Waals surface area contributed by atoms with E-state index in [0.717, 1.165) is 43.7 Å². The first kappa shape index (κ1) is 18.2. The minimum Gasteiger partial charge on any atom is -0.478 e. The summed E-state index contributed by atoms with van der Waals surface area (Å²) < 4.78 is 5.89. The molecule has 1 saturated heterocycles. The lowest BCUT2D eigenvalue weighted by Crippen LogP contribution is -2.38. The lowest BCUT2D eigenvalue weighted by atomic mass is 9.98. The Labute approximate surface area is 153 Å². The molecule has 1 N–H and O–H groups in total. The molecule has 1 unspecified atom stereocenters. The summed E-state index contributed by atoms with van der Waals surface area (Å²) in [5.41, 5.74) is 0.974. The summed E-state index contributed by atoms with van der Waals surface area (Å²) >= 11 is 0. The van der Waals surface area contributed by atoms with Gasteiger partial charge in [0.2, 0.25) is 5.91 Å². The molecule has 1 atom stereocenters. The second-order valence-electron chi connectivity index (χ2n) is 6.72. The highest BCUT2D eigenvalue weighted by atomic mass is 16.4. The molecule has 26 heavy (non-hydrogen) atoms. The molecule has 1 aliphatic heterocycles. The molecule has 5 nitrogen and oxygen atoms in total. The molecule has 1 amide bonds. The third-order valence-electron chi connectivity index (χ3n) is 5.04. The van der Waals surface area contributed by atoms with Crippen LogP contribution in [-0.4, -0.2) is 28.4 Å². The number of rotatable bonds is 6. The number of carbonyl (C=O) groups is 2. The van der Waals surface area contributed by atoms with E-state index in [1.807, 2.05) is 30.0 Å². The highest BCUT2D eigenvalue weighted by molar-refractivity contribution is 5.89. The van der Waals surface area contributed by atoms with Gasteiger partial charge in [0.15, 0.2) is 0 Å². The molecule has 2 aromatic rings. The number of aromatic carboxylic acids is 1. The number of nitrogens with zero attached hydrogens (tertiary/aromatic N) is 1. The van der Waals surface area contributed by atoms with Gasteiger partial charge >= 0.3 is 5.97 Å². The number of hydrogen-bond donors (Lipinski definition) is 1. The number of carboxylic acids is 1. The average Bonchev–Trinajstić information content (AvgIpc) is 3.15. The van der Waals surface area contributed by atoms with Crippen molar-refractivity contribution in [3.63, 3.8) is 0 Å². The van der Waals surface area contributed by atoms with Crippen LogP contribution in [0.15, 0.2) is 40.8 Å². The van der Waals surface area contributed by atoms with Gasteiger partial charge in [0, 0.05) is 19.4 Å². The normalized spacial score (nSPS) is 17.3. The molecule has 1 fully saturated rings. The molecule has 5 heteroatoms. The van der Waals surface area contributed by atoms with Gasteiger partial charge in [-0.2, -0.15) is 0 Å². The third kappa shape index (κ3) is 3.98. The first-order valence-electron chi connectivity index (χ1n) is 9.29. The molecule has 0 spiro atoms. The molecule has 138 valence electrons. The molecule has 1 aromatic heterocycles. The summed E-state index contributed by atoms with van der Waals surface area (Å²) in [5, 5.41) is 9.29. The van der Waals surface area contributed by atoms with Crippen molar-refractivity contribution in [3.8, 4) is 0 Å². The minimum absolute atomic E-state index is 0.00809. The summed E-state index contributed by atoms with van der Waals surface area (Å²) in [6.07, 6.45) is 4.57. The zero-order valence-electron chi connectivity index (χ0n) is 15.1. The Morgan fingerprint density at radius 2 is 2.00 bits per heavy atom. The second kappa shape index (κ2) is 8.21. The van der Waals surface area contributed by atoms with Gasteiger partial charge in [-0.05, 0) is 49.4 Å². The molecule has 1 aromatic carbocycles. The summed E-state index contributed by atoms with van der Waals surface area (Å²) in [6, 6.07) is 10.8. The largest absolute Gasteiger partial charge is 0.478 e. The fourth-order valence-corrected chi connectivity index (χ4v) is 3.62. The molecule has 1 aliphatic rings. The molecular formula is C21H25NO4. The Morgan fingerprint density at radius 1 is 1.19 bits per heavy atom. The SMILES string of the molecule is CCc1ccc(C2CCCCN2C(=O)CCc2ccccc2C(=O)O)o1. The van der Waals surface area contributed by atoms with Gasteiger partial charge in [0.25, 0.3) is 0 Å². The number of amides is 1. The van der Waals surface area contributed by atoms with Crippen LogP contribution < -0.4 is 0 Å². The Balaban J connectivity index is 1.70. The van der Waals surface area contributed by atoms with E-state index in [-0.39, 0.29) is 17.5 Å². The number of benzene rings is 1. The number of hydrogen-bond acceptors (Lipinski definition) is 3. The van der Waals surface area contributed by atoms with Gasteiger partial charge in [-0.3, -0.25) is 4.79 Å². The van der Waals surface area contributed by atoms with Crippen molar-refractivity contribution in [1.82, 2.24) is 4.90 Å². The predicted molar refractivity (Wildman–Crippen MR) is 98.1 cm³/mol. The van der Waals surface area contributed by atoms with E-state index < -0.39 is 5.97 Å². The van der Waals surface area contributed by atoms with Gasteiger partial charge in [0.05, 0.1) is 11.6 Å². The summed E-state index contributed by atoms with van der Waals surface area (Å²) in [7, 11) is 0. The maximum atomic E-state index is 12.8. The highest BCUT2D eigenvalue weighted by Gasteiger charge is 2.30. The molecule has 0 bridgehead atoms. The van der Waals surface area contributed by atoms with Crippen LogP contribution in [-0.2, 0) is 17.6 Å². The summed E-state index contributed by atoms with van der Waals surface area (Å²) in [6.45, 7) is 2.78. The van der Waals surface area contributed by atoms with Gasteiger partial charge < -0.3 is 14.4 Å². The van der Waals surface area contributed by atoms with E-state index in [4.69, 9.17) is 4.42 Å². The lowest BCUT2D eigenvalue weighted by Gasteiger charge is -2.34. The van der Waals surface area contributed by atoms with Gasteiger partial charge in [-0.1, -0.05) is 25.1 Å². The van der Waals surface area contributed by atoms with Crippen LogP contribution >= 0.6 is 0 Å². The first-order valence-corrected chi connectivity index (χ1v) is 9.29. The van der Waals surface area contributed by atoms with E-state index in [2.05, 4.69) is 0 Å². The van der Waals surface area contributed by atoms with Crippen molar-refractivity contribution in [1.29, 1.82) is 0 Å². The van der Waals surface area contributed by atoms with Crippen molar-refractivity contribution < 1.29 is 19.1 Å². The van der Waals surface area contributed by atoms with E-state index in [9.17, 15) is 14.7 Å². The van der Waals surface area contributed by atoms with Crippen LogP contribution in [0, 0.1) is 0 Å². The molecular weight excluding hydrogens is 330 g/mol. The Bertz CT molecular complexity index is 780. The minimum atomic E-state index is -0.952. The fourth-order valence-electron chi connectivity index (χ4n) is 3.62. The van der Waals surface area contributed by atoms with Crippen molar-refractivity contribution in [2.75, 3.05) is 6.54 Å². The molecule has 3 rings (SSSR count). The standard InChI is InChI=1S/C21H25NO4/c1-2-16-11-12-19(26-16)18-9-5-6-14-22(18)20(23)13-10-15-7-3-4-8-17(15)21(24)25/h3-4,7-8,11-12,18H,2,5-6,9-10,13-14H2,1H3,(H,24,25). The van der Waals surface area contributed by atoms with Gasteiger partial charge in [0.1, 0.15) is 11.5 Å². The smallest absolute Gasteiger partial charge is 0.335 e. The number of piperidine rings is 1. The van der Waals surface area contributed by atoms with Crippen molar-refractivity contribution >= 4 is 11.9 Å². The molecule has 2 heterocycles. The van der Waals surface area contributed by atoms with E-state index in [1.165, 1.54) is 0 Å². The molecule has 0 aliphatic carbocycles. The van der Waals surface area contributed by atoms with E-state index in [0.29, 0.717) is 18.4 Å². The maximum absolute atomic E-state index is 12.8. The monoisotopic (exact) mass is 355 g/mol. The van der Waals surface area contributed by atoms with Crippen LogP contribution in [0.3, 0.4) is 0 Å². The number of carbonyl (C=O) groups excluding carboxylic acids is 1. The van der Waals surface area contributed by atoms with Gasteiger partial charge in [-0.15, -0.1) is 0 Å². The second-order valence-corrected chi connectivity index (χ2v) is 6.72. The fraction of sp³-hybridized carbons (Fsp3) is 0.429. The maximum Gasteiger partial charge on any atom is 0.335 e. The third-order valence-corrected chi connectivity index (χ3v) is 5.04. The van der Waals surface area contributed by atoms with Crippen molar-refractivity contribution in [3.05, 3.63) is 59.0 Å². The first-order chi connectivity index (χ1) is 12.6. The Kier molecular flexibility index (Phi) is 5.76. The number of aryl methyl sites for hydroxylation is 2. The summed E-state index contributed by atoms with van der Waals surface area (Å²) in [5.74, 6) is 0.908. The number of furan rings is 1. The van der Waals surface area contributed by atoms with E-state index in [1.54, 1.807) is 18.2 Å². The lowest BCUT2D eigenvalue weighted by molar-refractivity contribution is -0.135. The van der Waals surface area contributed by atoms with Crippen LogP contribution in [0.2, 0.25) is 0 Å². The average molecular weight is 355 g/mol. The van der Waals surface area contributed by atoms with Gasteiger partial charge in [-0.25, -0.2) is 4.79 Å². The Morgan fingerprint density at radius 3 is 2.73 bits per heavy atom.